The summed E-state index contributed by atoms with van der Waals surface area (Å²) in [6, 6.07) is 11.8. The first-order valence-electron chi connectivity index (χ1n) is 10.5. The highest BCUT2D eigenvalue weighted by atomic mass is 35.5. The number of carbonyl (C=O) groups is 2. The van der Waals surface area contributed by atoms with Gasteiger partial charge in [0.15, 0.2) is 0 Å². The Kier molecular flexibility index (Phi) is 6.29. The van der Waals surface area contributed by atoms with Gasteiger partial charge in [-0.2, -0.15) is 0 Å². The SMILES string of the molecule is CS(=O)(=O)N[C@H]1CCCC[C@@H]1N1C(=O)c2ccccc2[C@@H](C(=O)O)[C@@H]1c1ccc(Cl)cc1. The summed E-state index contributed by atoms with van der Waals surface area (Å²) in [5.74, 6) is -2.32. The van der Waals surface area contributed by atoms with E-state index in [0.29, 0.717) is 34.6 Å². The summed E-state index contributed by atoms with van der Waals surface area (Å²) in [5, 5.41) is 10.8. The predicted molar refractivity (Wildman–Crippen MR) is 121 cm³/mol. The van der Waals surface area contributed by atoms with Crippen molar-refractivity contribution in [3.05, 3.63) is 70.2 Å². The van der Waals surface area contributed by atoms with E-state index in [1.807, 2.05) is 0 Å². The summed E-state index contributed by atoms with van der Waals surface area (Å²) in [7, 11) is -3.51. The maximum absolute atomic E-state index is 13.8. The van der Waals surface area contributed by atoms with E-state index in [1.165, 1.54) is 0 Å². The van der Waals surface area contributed by atoms with Crippen molar-refractivity contribution < 1.29 is 23.1 Å². The van der Waals surface area contributed by atoms with Crippen molar-refractivity contribution in [1.82, 2.24) is 9.62 Å². The zero-order valence-corrected chi connectivity index (χ0v) is 19.1. The van der Waals surface area contributed by atoms with Crippen molar-refractivity contribution in [2.75, 3.05) is 6.26 Å². The molecule has 1 heterocycles. The number of benzene rings is 2. The standard InChI is InChI=1S/C23H25ClN2O5S/c1-32(30,31)25-18-8-4-5-9-19(18)26-21(14-10-12-15(24)13-11-14)20(23(28)29)16-6-2-3-7-17(16)22(26)27/h2-3,6-7,10-13,18-21,25H,4-5,8-9H2,1H3,(H,28,29)/t18-,19-,20+,21-/m0/s1. The normalized spacial score (nSPS) is 25.9. The quantitative estimate of drug-likeness (QED) is 0.686. The van der Waals surface area contributed by atoms with Crippen LogP contribution in [-0.4, -0.2) is 48.6 Å². The maximum Gasteiger partial charge on any atom is 0.313 e. The second kappa shape index (κ2) is 8.84. The molecule has 0 radical (unpaired) electrons. The Balaban J connectivity index is 1.89. The van der Waals surface area contributed by atoms with E-state index in [-0.39, 0.29) is 5.91 Å². The molecule has 0 spiro atoms. The largest absolute Gasteiger partial charge is 0.481 e. The predicted octanol–water partition coefficient (Wildman–Crippen LogP) is 3.57. The molecule has 1 aliphatic carbocycles. The first-order chi connectivity index (χ1) is 15.2. The fraction of sp³-hybridized carbons (Fsp3) is 0.391. The van der Waals surface area contributed by atoms with Crippen LogP contribution in [0.5, 0.6) is 0 Å². The first-order valence-corrected chi connectivity index (χ1v) is 12.8. The Hall–Kier alpha value is -2.42. The van der Waals surface area contributed by atoms with E-state index >= 15 is 0 Å². The lowest BCUT2D eigenvalue weighted by molar-refractivity contribution is -0.141. The number of carboxylic acids is 1. The van der Waals surface area contributed by atoms with Crippen molar-refractivity contribution in [2.24, 2.45) is 0 Å². The molecule has 32 heavy (non-hydrogen) atoms. The molecule has 4 atom stereocenters. The summed E-state index contributed by atoms with van der Waals surface area (Å²) in [6.07, 6.45) is 3.91. The van der Waals surface area contributed by atoms with Crippen LogP contribution in [0.15, 0.2) is 48.5 Å². The topological polar surface area (TPSA) is 104 Å². The molecule has 7 nitrogen and oxygen atoms in total. The van der Waals surface area contributed by atoms with Crippen LogP contribution in [0.25, 0.3) is 0 Å². The van der Waals surface area contributed by atoms with Gasteiger partial charge in [0, 0.05) is 22.7 Å². The third-order valence-corrected chi connectivity index (χ3v) is 7.29. The number of nitrogens with one attached hydrogen (secondary N) is 1. The molecule has 1 aliphatic heterocycles. The Morgan fingerprint density at radius 3 is 2.41 bits per heavy atom. The lowest BCUT2D eigenvalue weighted by atomic mass is 9.77. The van der Waals surface area contributed by atoms with Gasteiger partial charge in [-0.3, -0.25) is 9.59 Å². The zero-order chi connectivity index (χ0) is 23.0. The lowest BCUT2D eigenvalue weighted by Gasteiger charge is -2.48. The van der Waals surface area contributed by atoms with Crippen LogP contribution in [0.2, 0.25) is 5.02 Å². The monoisotopic (exact) mass is 476 g/mol. The van der Waals surface area contributed by atoms with Gasteiger partial charge < -0.3 is 10.0 Å². The minimum Gasteiger partial charge on any atom is -0.481 e. The number of fused-ring (bicyclic) bond motifs is 1. The lowest BCUT2D eigenvalue weighted by Crippen LogP contribution is -2.58. The van der Waals surface area contributed by atoms with E-state index < -0.39 is 40.0 Å². The molecule has 2 aliphatic rings. The summed E-state index contributed by atoms with van der Waals surface area (Å²) in [5.41, 5.74) is 1.45. The molecule has 4 rings (SSSR count). The minimum absolute atomic E-state index is 0.287. The van der Waals surface area contributed by atoms with Crippen LogP contribution in [0.1, 0.15) is 59.1 Å². The average Bonchev–Trinajstić information content (AvgIpc) is 2.73. The van der Waals surface area contributed by atoms with Crippen molar-refractivity contribution in [1.29, 1.82) is 0 Å². The fourth-order valence-electron chi connectivity index (χ4n) is 5.05. The number of carboxylic acid groups (broad SMARTS) is 1. The molecule has 0 bridgehead atoms. The van der Waals surface area contributed by atoms with Gasteiger partial charge in [0.1, 0.15) is 5.92 Å². The van der Waals surface area contributed by atoms with Gasteiger partial charge in [-0.1, -0.05) is 54.8 Å². The van der Waals surface area contributed by atoms with Crippen LogP contribution in [-0.2, 0) is 14.8 Å². The maximum atomic E-state index is 13.8. The third kappa shape index (κ3) is 4.40. The average molecular weight is 477 g/mol. The number of sulfonamides is 1. The van der Waals surface area contributed by atoms with Gasteiger partial charge in [-0.25, -0.2) is 13.1 Å². The van der Waals surface area contributed by atoms with Crippen LogP contribution in [0, 0.1) is 0 Å². The second-order valence-corrected chi connectivity index (χ2v) is 10.7. The van der Waals surface area contributed by atoms with Crippen molar-refractivity contribution in [2.45, 2.75) is 49.7 Å². The van der Waals surface area contributed by atoms with Gasteiger partial charge in [0.25, 0.3) is 5.91 Å². The highest BCUT2D eigenvalue weighted by Crippen LogP contribution is 2.46. The molecule has 0 saturated heterocycles. The molecule has 9 heteroatoms. The summed E-state index contributed by atoms with van der Waals surface area (Å²) < 4.78 is 26.8. The van der Waals surface area contributed by atoms with E-state index in [4.69, 9.17) is 11.6 Å². The van der Waals surface area contributed by atoms with Crippen LogP contribution < -0.4 is 4.72 Å². The number of nitrogens with zero attached hydrogens (tertiary/aromatic N) is 1. The van der Waals surface area contributed by atoms with Crippen molar-refractivity contribution in [3.8, 4) is 0 Å². The molecule has 2 N–H and O–H groups in total. The smallest absolute Gasteiger partial charge is 0.313 e. The molecule has 2 aromatic rings. The number of carbonyl (C=O) groups excluding carboxylic acids is 1. The van der Waals surface area contributed by atoms with Crippen LogP contribution in [0.4, 0.5) is 0 Å². The highest BCUT2D eigenvalue weighted by molar-refractivity contribution is 7.88. The summed E-state index contributed by atoms with van der Waals surface area (Å²) in [4.78, 5) is 27.9. The number of hydrogen-bond acceptors (Lipinski definition) is 4. The summed E-state index contributed by atoms with van der Waals surface area (Å²) in [6.45, 7) is 0. The van der Waals surface area contributed by atoms with Gasteiger partial charge in [0.05, 0.1) is 12.3 Å². The molecule has 0 unspecified atom stereocenters. The van der Waals surface area contributed by atoms with Crippen molar-refractivity contribution in [3.63, 3.8) is 0 Å². The van der Waals surface area contributed by atoms with E-state index in [0.717, 1.165) is 19.1 Å². The summed E-state index contributed by atoms with van der Waals surface area (Å²) >= 11 is 6.07. The molecule has 2 aromatic carbocycles. The van der Waals surface area contributed by atoms with E-state index in [1.54, 1.807) is 53.4 Å². The van der Waals surface area contributed by atoms with E-state index in [9.17, 15) is 23.1 Å². The minimum atomic E-state index is -3.51. The molecular weight excluding hydrogens is 452 g/mol. The highest BCUT2D eigenvalue weighted by Gasteiger charge is 2.48. The molecule has 1 saturated carbocycles. The van der Waals surface area contributed by atoms with Crippen molar-refractivity contribution >= 4 is 33.5 Å². The Labute approximate surface area is 192 Å². The Morgan fingerprint density at radius 1 is 1.09 bits per heavy atom. The number of hydrogen-bond donors (Lipinski definition) is 2. The van der Waals surface area contributed by atoms with E-state index in [2.05, 4.69) is 4.72 Å². The number of rotatable bonds is 5. The molecular formula is C23H25ClN2O5S. The molecule has 1 amide bonds. The Morgan fingerprint density at radius 2 is 1.75 bits per heavy atom. The molecule has 1 fully saturated rings. The first kappa shape index (κ1) is 22.8. The van der Waals surface area contributed by atoms with Gasteiger partial charge in [-0.15, -0.1) is 0 Å². The fourth-order valence-corrected chi connectivity index (χ4v) is 6.00. The number of halogens is 1. The molecule has 0 aromatic heterocycles. The number of aliphatic carboxylic acids is 1. The molecule has 170 valence electrons. The van der Waals surface area contributed by atoms with Gasteiger partial charge in [0.2, 0.25) is 10.0 Å². The third-order valence-electron chi connectivity index (χ3n) is 6.31. The zero-order valence-electron chi connectivity index (χ0n) is 17.6. The van der Waals surface area contributed by atoms with Crippen LogP contribution >= 0.6 is 11.6 Å². The van der Waals surface area contributed by atoms with Crippen LogP contribution in [0.3, 0.4) is 0 Å². The van der Waals surface area contributed by atoms with Gasteiger partial charge >= 0.3 is 5.97 Å². The second-order valence-electron chi connectivity index (χ2n) is 8.46. The van der Waals surface area contributed by atoms with Gasteiger partial charge in [-0.05, 0) is 42.2 Å². The number of amides is 1. The Bertz CT molecular complexity index is 1140.